The second kappa shape index (κ2) is 17.3. The van der Waals surface area contributed by atoms with Crippen LogP contribution in [-0.4, -0.2) is 40.4 Å². The molecule has 0 N–H and O–H groups in total. The SMILES string of the molecule is [CH3][Sb]([CH3])[CH3].[CH3][Sb]([CH3])[CH3].[Cl-].[Cl-]. The van der Waals surface area contributed by atoms with Gasteiger partial charge >= 0.3 is 69.6 Å². The average Bonchev–Trinajstić information content (AvgIpc) is 1.25. The van der Waals surface area contributed by atoms with E-state index in [-0.39, 0.29) is 24.8 Å². The monoisotopic (exact) mass is 402 g/mol. The van der Waals surface area contributed by atoms with E-state index in [0.29, 0.717) is 0 Å². The molecule has 0 radical (unpaired) electrons. The quantitative estimate of drug-likeness (QED) is 0.372. The van der Waals surface area contributed by atoms with Gasteiger partial charge < -0.3 is 24.8 Å². The van der Waals surface area contributed by atoms with E-state index < -0.39 is 40.4 Å². The van der Waals surface area contributed by atoms with Gasteiger partial charge in [-0.15, -0.1) is 0 Å². The zero-order valence-corrected chi connectivity index (χ0v) is 14.3. The Bertz CT molecular complexity index is 29.2. The summed E-state index contributed by atoms with van der Waals surface area (Å²) in [5.74, 6) is 0. The molecule has 0 aromatic carbocycles. The standard InChI is InChI=1S/6CH3.2ClH.2Sb/h6*1H3;2*1H;;/p-2. The molecular weight excluding hydrogens is 386 g/mol. The topological polar surface area (TPSA) is 0 Å². The first kappa shape index (κ1) is 22.8. The molecule has 0 rings (SSSR count). The van der Waals surface area contributed by atoms with E-state index >= 15 is 0 Å². The van der Waals surface area contributed by atoms with Crippen LogP contribution in [0.4, 0.5) is 0 Å². The van der Waals surface area contributed by atoms with Gasteiger partial charge in [-0.05, 0) is 0 Å². The van der Waals surface area contributed by atoms with Gasteiger partial charge in [0.2, 0.25) is 0 Å². The molecule has 0 spiro atoms. The summed E-state index contributed by atoms with van der Waals surface area (Å²) in [6, 6.07) is 0. The van der Waals surface area contributed by atoms with Crippen molar-refractivity contribution in [3.63, 3.8) is 0 Å². The summed E-state index contributed by atoms with van der Waals surface area (Å²) >= 11 is -0.900. The maximum Gasteiger partial charge on any atom is -1.00 e. The predicted octanol–water partition coefficient (Wildman–Crippen LogP) is -3.25. The van der Waals surface area contributed by atoms with E-state index in [1.54, 1.807) is 0 Å². The van der Waals surface area contributed by atoms with Crippen molar-refractivity contribution < 1.29 is 24.8 Å². The number of hydrogen-bond acceptors (Lipinski definition) is 0. The Hall–Kier alpha value is 2.22. The minimum Gasteiger partial charge on any atom is -1.00 e. The summed E-state index contributed by atoms with van der Waals surface area (Å²) < 4.78 is 0. The van der Waals surface area contributed by atoms with Crippen molar-refractivity contribution in [2.24, 2.45) is 0 Å². The normalized spacial score (nSPS) is 7.20. The van der Waals surface area contributed by atoms with Crippen LogP contribution in [0.15, 0.2) is 0 Å². The van der Waals surface area contributed by atoms with E-state index in [4.69, 9.17) is 0 Å². The van der Waals surface area contributed by atoms with Crippen LogP contribution in [0, 0.1) is 0 Å². The zero-order valence-electron chi connectivity index (χ0n) is 7.65. The summed E-state index contributed by atoms with van der Waals surface area (Å²) in [5, 5.41) is 0. The van der Waals surface area contributed by atoms with Crippen LogP contribution in [0.5, 0.6) is 0 Å². The summed E-state index contributed by atoms with van der Waals surface area (Å²) in [6.07, 6.45) is 0. The molecule has 0 fully saturated rings. The van der Waals surface area contributed by atoms with Crippen molar-refractivity contribution in [2.45, 2.75) is 29.2 Å². The first-order valence-electron chi connectivity index (χ1n) is 2.68. The van der Waals surface area contributed by atoms with E-state index in [1.165, 1.54) is 0 Å². The third-order valence-electron chi connectivity index (χ3n) is 0. The van der Waals surface area contributed by atoms with Crippen LogP contribution in [0.3, 0.4) is 0 Å². The van der Waals surface area contributed by atoms with E-state index in [0.717, 1.165) is 0 Å². The molecule has 0 unspecified atom stereocenters. The van der Waals surface area contributed by atoms with Crippen molar-refractivity contribution in [1.29, 1.82) is 0 Å². The molecule has 0 aromatic rings. The molecule has 0 aliphatic heterocycles. The zero-order chi connectivity index (χ0) is 7.15. The molecule has 0 aliphatic rings. The summed E-state index contributed by atoms with van der Waals surface area (Å²) in [5.41, 5.74) is 0. The Morgan fingerprint density at radius 1 is 0.500 bits per heavy atom. The molecule has 0 aliphatic carbocycles. The molecule has 0 atom stereocenters. The minimum atomic E-state index is -0.450. The fourth-order valence-electron chi connectivity index (χ4n) is 0. The second-order valence-corrected chi connectivity index (χ2v) is 18.0. The minimum absolute atomic E-state index is 0. The molecular formula is C6H18Cl2Sb2-2. The van der Waals surface area contributed by atoms with Crippen LogP contribution >= 0.6 is 0 Å². The number of hydrogen-bond donors (Lipinski definition) is 0. The van der Waals surface area contributed by atoms with Crippen LogP contribution in [0.2, 0.25) is 29.2 Å². The number of rotatable bonds is 0. The third kappa shape index (κ3) is 177. The average molecular weight is 405 g/mol. The van der Waals surface area contributed by atoms with Gasteiger partial charge in [-0.25, -0.2) is 0 Å². The Labute approximate surface area is 93.3 Å². The van der Waals surface area contributed by atoms with Gasteiger partial charge in [0, 0.05) is 0 Å². The smallest absolute Gasteiger partial charge is 1.00 e. The van der Waals surface area contributed by atoms with Crippen LogP contribution in [0.25, 0.3) is 0 Å². The fraction of sp³-hybridized carbons (Fsp3) is 1.00. The third-order valence-corrected chi connectivity index (χ3v) is 0. The molecule has 68 valence electrons. The molecule has 0 amide bonds. The molecule has 0 nitrogen and oxygen atoms in total. The van der Waals surface area contributed by atoms with Crippen LogP contribution < -0.4 is 24.8 Å². The van der Waals surface area contributed by atoms with Gasteiger partial charge in [0.05, 0.1) is 0 Å². The van der Waals surface area contributed by atoms with Crippen molar-refractivity contribution in [2.75, 3.05) is 0 Å². The van der Waals surface area contributed by atoms with Gasteiger partial charge in [0.1, 0.15) is 0 Å². The Morgan fingerprint density at radius 3 is 0.500 bits per heavy atom. The first-order chi connectivity index (χ1) is 3.46. The van der Waals surface area contributed by atoms with Gasteiger partial charge in [-0.1, -0.05) is 0 Å². The molecule has 0 saturated heterocycles. The van der Waals surface area contributed by atoms with Gasteiger partial charge in [0.15, 0.2) is 0 Å². The predicted molar refractivity (Wildman–Crippen MR) is 46.7 cm³/mol. The van der Waals surface area contributed by atoms with Crippen LogP contribution in [0.1, 0.15) is 0 Å². The van der Waals surface area contributed by atoms with E-state index in [9.17, 15) is 0 Å². The molecule has 0 bridgehead atoms. The molecule has 0 saturated carbocycles. The Kier molecular flexibility index (Phi) is 39.5. The summed E-state index contributed by atoms with van der Waals surface area (Å²) in [7, 11) is 0. The fourth-order valence-corrected chi connectivity index (χ4v) is 0. The van der Waals surface area contributed by atoms with Gasteiger partial charge in [-0.2, -0.15) is 0 Å². The maximum atomic E-state index is 2.35. The molecule has 4 heteroatoms. The maximum absolute atomic E-state index is 2.35. The van der Waals surface area contributed by atoms with E-state index in [2.05, 4.69) is 29.2 Å². The first-order valence-corrected chi connectivity index (χ1v) is 18.0. The largest absolute Gasteiger partial charge is 1.00 e. The molecule has 0 heterocycles. The van der Waals surface area contributed by atoms with Crippen LogP contribution in [-0.2, 0) is 0 Å². The van der Waals surface area contributed by atoms with Crippen molar-refractivity contribution in [1.82, 2.24) is 0 Å². The van der Waals surface area contributed by atoms with Crippen molar-refractivity contribution in [3.05, 3.63) is 0 Å². The van der Waals surface area contributed by atoms with Crippen molar-refractivity contribution >= 4 is 40.4 Å². The summed E-state index contributed by atoms with van der Waals surface area (Å²) in [6.45, 7) is 0. The van der Waals surface area contributed by atoms with Crippen molar-refractivity contribution in [3.8, 4) is 0 Å². The van der Waals surface area contributed by atoms with E-state index in [1.807, 2.05) is 0 Å². The molecule has 10 heavy (non-hydrogen) atoms. The number of halogens is 2. The Balaban J connectivity index is -0.0000000300. The second-order valence-electron chi connectivity index (χ2n) is 2.68. The Morgan fingerprint density at radius 2 is 0.500 bits per heavy atom. The van der Waals surface area contributed by atoms with Gasteiger partial charge in [0.25, 0.3) is 0 Å². The summed E-state index contributed by atoms with van der Waals surface area (Å²) in [4.78, 5) is 14.1. The van der Waals surface area contributed by atoms with Gasteiger partial charge in [-0.3, -0.25) is 0 Å². The molecule has 0 aromatic heterocycles.